The number of nitrogens with one attached hydrogen (secondary N) is 1. The molecule has 1 heterocycles. The first-order valence-corrected chi connectivity index (χ1v) is 11.1. The molecule has 2 aliphatic rings. The number of carbonyl (C=O) groups excluding carboxylic acids is 1. The van der Waals surface area contributed by atoms with E-state index in [9.17, 15) is 20.0 Å². The summed E-state index contributed by atoms with van der Waals surface area (Å²) in [5.41, 5.74) is 5.49. The Morgan fingerprint density at radius 3 is 2.50 bits per heavy atom. The number of aliphatic hydroxyl groups excluding tert-OH is 1. The maximum Gasteiger partial charge on any atom is 0.293 e. The van der Waals surface area contributed by atoms with Gasteiger partial charge in [0, 0.05) is 57.3 Å². The molecule has 0 radical (unpaired) electrons. The Bertz CT molecular complexity index is 1050. The second-order valence-electron chi connectivity index (χ2n) is 8.89. The third-order valence-electron chi connectivity index (χ3n) is 6.66. The lowest BCUT2D eigenvalue weighted by Gasteiger charge is -2.44. The second kappa shape index (κ2) is 8.88. The maximum atomic E-state index is 11.7. The van der Waals surface area contributed by atoms with E-state index in [0.29, 0.717) is 12.0 Å². The van der Waals surface area contributed by atoms with Crippen molar-refractivity contribution in [2.45, 2.75) is 45.8 Å². The Hall–Kier alpha value is -2.97. The van der Waals surface area contributed by atoms with Crippen LogP contribution in [0.25, 0.3) is 0 Å². The zero-order valence-corrected chi connectivity index (χ0v) is 18.8. The number of nitro benzene ring substituents is 1. The third kappa shape index (κ3) is 4.33. The molecule has 1 aliphatic carbocycles. The molecule has 8 heteroatoms. The molecule has 0 bridgehead atoms. The summed E-state index contributed by atoms with van der Waals surface area (Å²) in [4.78, 5) is 27.3. The number of rotatable bonds is 4. The minimum atomic E-state index is -0.649. The molecule has 2 N–H and O–H groups in total. The van der Waals surface area contributed by atoms with E-state index in [1.165, 1.54) is 29.8 Å². The number of aliphatic hydroxyl groups is 1. The molecule has 2 aromatic rings. The van der Waals surface area contributed by atoms with Crippen LogP contribution in [-0.4, -0.2) is 59.2 Å². The van der Waals surface area contributed by atoms with Gasteiger partial charge < -0.3 is 15.3 Å². The monoisotopic (exact) mass is 438 g/mol. The number of piperazine rings is 1. The molecule has 8 nitrogen and oxygen atoms in total. The molecule has 0 unspecified atom stereocenters. The SMILES string of the molecule is CC(=O)Nc1c([N+](=O)[O-])ccc2c1C[C@H](O)[C@@H](N1CCN(c3cc(C)ccc3C)CC1)C2. The Balaban J connectivity index is 1.52. The zero-order chi connectivity index (χ0) is 23.0. The summed E-state index contributed by atoms with van der Waals surface area (Å²) >= 11 is 0. The molecule has 0 aromatic heterocycles. The van der Waals surface area contributed by atoms with Crippen LogP contribution in [0.4, 0.5) is 17.1 Å². The van der Waals surface area contributed by atoms with Crippen molar-refractivity contribution in [3.05, 3.63) is 62.7 Å². The zero-order valence-electron chi connectivity index (χ0n) is 18.8. The first-order chi connectivity index (χ1) is 15.2. The molecule has 4 rings (SSSR count). The van der Waals surface area contributed by atoms with Gasteiger partial charge in [0.2, 0.25) is 5.91 Å². The molecule has 1 saturated heterocycles. The Labute approximate surface area is 188 Å². The number of carbonyl (C=O) groups is 1. The lowest BCUT2D eigenvalue weighted by Crippen LogP contribution is -2.56. The molecule has 1 amide bonds. The van der Waals surface area contributed by atoms with Crippen molar-refractivity contribution in [2.75, 3.05) is 36.4 Å². The predicted octanol–water partition coefficient (Wildman–Crippen LogP) is 2.82. The molecular formula is C24H30N4O4. The Morgan fingerprint density at radius 1 is 1.12 bits per heavy atom. The molecular weight excluding hydrogens is 408 g/mol. The number of hydrogen-bond acceptors (Lipinski definition) is 6. The first kappa shape index (κ1) is 22.2. The molecule has 0 spiro atoms. The third-order valence-corrected chi connectivity index (χ3v) is 6.66. The van der Waals surface area contributed by atoms with E-state index < -0.39 is 11.0 Å². The number of aryl methyl sites for hydroxylation is 2. The largest absolute Gasteiger partial charge is 0.391 e. The number of benzene rings is 2. The summed E-state index contributed by atoms with van der Waals surface area (Å²) in [5.74, 6) is -0.360. The van der Waals surface area contributed by atoms with Gasteiger partial charge in [-0.05, 0) is 48.6 Å². The van der Waals surface area contributed by atoms with Crippen molar-refractivity contribution >= 4 is 23.0 Å². The highest BCUT2D eigenvalue weighted by atomic mass is 16.6. The minimum Gasteiger partial charge on any atom is -0.391 e. The predicted molar refractivity (Wildman–Crippen MR) is 124 cm³/mol. The average Bonchev–Trinajstić information content (AvgIpc) is 2.75. The van der Waals surface area contributed by atoms with Gasteiger partial charge in [-0.2, -0.15) is 0 Å². The van der Waals surface area contributed by atoms with Gasteiger partial charge in [0.15, 0.2) is 0 Å². The highest BCUT2D eigenvalue weighted by Crippen LogP contribution is 2.37. The second-order valence-corrected chi connectivity index (χ2v) is 8.89. The molecule has 32 heavy (non-hydrogen) atoms. The van der Waals surface area contributed by atoms with Gasteiger partial charge in [-0.1, -0.05) is 18.2 Å². The van der Waals surface area contributed by atoms with Crippen LogP contribution in [0, 0.1) is 24.0 Å². The van der Waals surface area contributed by atoms with Crippen LogP contribution in [0.1, 0.15) is 29.2 Å². The quantitative estimate of drug-likeness (QED) is 0.563. The van der Waals surface area contributed by atoms with Gasteiger partial charge >= 0.3 is 0 Å². The van der Waals surface area contributed by atoms with E-state index in [1.54, 1.807) is 6.07 Å². The van der Waals surface area contributed by atoms with Crippen molar-refractivity contribution in [1.29, 1.82) is 0 Å². The number of nitro groups is 1. The van der Waals surface area contributed by atoms with Crippen molar-refractivity contribution in [3.63, 3.8) is 0 Å². The number of fused-ring (bicyclic) bond motifs is 1. The fraction of sp³-hybridized carbons (Fsp3) is 0.458. The summed E-state index contributed by atoms with van der Waals surface area (Å²) in [7, 11) is 0. The minimum absolute atomic E-state index is 0.0464. The molecule has 1 aliphatic heterocycles. The summed E-state index contributed by atoms with van der Waals surface area (Å²) in [6.07, 6.45) is 0.239. The highest BCUT2D eigenvalue weighted by molar-refractivity contribution is 5.93. The van der Waals surface area contributed by atoms with Crippen LogP contribution >= 0.6 is 0 Å². The topological polar surface area (TPSA) is 98.9 Å². The van der Waals surface area contributed by atoms with E-state index in [-0.39, 0.29) is 29.7 Å². The van der Waals surface area contributed by atoms with E-state index in [1.807, 2.05) is 0 Å². The Kier molecular flexibility index (Phi) is 6.17. The van der Waals surface area contributed by atoms with E-state index >= 15 is 0 Å². The highest BCUT2D eigenvalue weighted by Gasteiger charge is 2.36. The van der Waals surface area contributed by atoms with Gasteiger partial charge in [0.1, 0.15) is 5.69 Å². The summed E-state index contributed by atoms with van der Waals surface area (Å²) in [6.45, 7) is 9.03. The average molecular weight is 439 g/mol. The van der Waals surface area contributed by atoms with Crippen LogP contribution in [0.5, 0.6) is 0 Å². The van der Waals surface area contributed by atoms with Crippen molar-refractivity contribution in [1.82, 2.24) is 4.90 Å². The normalized spacial score (nSPS) is 21.2. The van der Waals surface area contributed by atoms with Crippen LogP contribution in [0.15, 0.2) is 30.3 Å². The van der Waals surface area contributed by atoms with Crippen molar-refractivity contribution in [2.24, 2.45) is 0 Å². The molecule has 170 valence electrons. The van der Waals surface area contributed by atoms with Crippen LogP contribution in [0.2, 0.25) is 0 Å². The first-order valence-electron chi connectivity index (χ1n) is 11.1. The van der Waals surface area contributed by atoms with Crippen LogP contribution in [0.3, 0.4) is 0 Å². The van der Waals surface area contributed by atoms with Gasteiger partial charge in [0.05, 0.1) is 11.0 Å². The fourth-order valence-electron chi connectivity index (χ4n) is 5.00. The van der Waals surface area contributed by atoms with E-state index in [0.717, 1.165) is 31.7 Å². The summed E-state index contributed by atoms with van der Waals surface area (Å²) < 4.78 is 0. The maximum absolute atomic E-state index is 11.7. The number of nitrogens with zero attached hydrogens (tertiary/aromatic N) is 3. The molecule has 1 fully saturated rings. The summed E-state index contributed by atoms with van der Waals surface area (Å²) in [6, 6.07) is 9.69. The van der Waals surface area contributed by atoms with Gasteiger partial charge in [-0.15, -0.1) is 0 Å². The molecule has 2 aromatic carbocycles. The standard InChI is InChI=1S/C24H30N4O4/c1-15-4-5-16(2)21(12-15)26-8-10-27(11-9-26)22-13-18-6-7-20(28(31)32)24(25-17(3)29)19(18)14-23(22)30/h4-7,12,22-23,30H,8-11,13-14H2,1-3H3,(H,25,29)/t22-,23-/m0/s1. The molecule has 2 atom stereocenters. The van der Waals surface area contributed by atoms with Crippen molar-refractivity contribution in [3.8, 4) is 0 Å². The van der Waals surface area contributed by atoms with E-state index in [4.69, 9.17) is 0 Å². The number of anilines is 2. The van der Waals surface area contributed by atoms with Gasteiger partial charge in [0.25, 0.3) is 5.69 Å². The lowest BCUT2D eigenvalue weighted by atomic mass is 9.83. The van der Waals surface area contributed by atoms with Gasteiger partial charge in [-0.3, -0.25) is 19.8 Å². The lowest BCUT2D eigenvalue weighted by molar-refractivity contribution is -0.384. The molecule has 0 saturated carbocycles. The van der Waals surface area contributed by atoms with Gasteiger partial charge in [-0.25, -0.2) is 0 Å². The van der Waals surface area contributed by atoms with Crippen LogP contribution < -0.4 is 10.2 Å². The fourth-order valence-corrected chi connectivity index (χ4v) is 5.00. The van der Waals surface area contributed by atoms with Crippen LogP contribution in [-0.2, 0) is 17.6 Å². The summed E-state index contributed by atoms with van der Waals surface area (Å²) in [5, 5.41) is 25.1. The van der Waals surface area contributed by atoms with E-state index in [2.05, 4.69) is 47.2 Å². The smallest absolute Gasteiger partial charge is 0.293 e. The Morgan fingerprint density at radius 2 is 1.84 bits per heavy atom. The number of amides is 1. The van der Waals surface area contributed by atoms with Crippen molar-refractivity contribution < 1.29 is 14.8 Å². The number of hydrogen-bond donors (Lipinski definition) is 2.